The van der Waals surface area contributed by atoms with Gasteiger partial charge in [0.15, 0.2) is 11.6 Å². The van der Waals surface area contributed by atoms with Gasteiger partial charge in [0.1, 0.15) is 0 Å². The Labute approximate surface area is 114 Å². The first-order valence-electron chi connectivity index (χ1n) is 6.54. The summed E-state index contributed by atoms with van der Waals surface area (Å²) in [6, 6.07) is 6.52. The van der Waals surface area contributed by atoms with Crippen LogP contribution in [0.3, 0.4) is 0 Å². The summed E-state index contributed by atoms with van der Waals surface area (Å²) in [5.41, 5.74) is 9.41. The van der Waals surface area contributed by atoms with Gasteiger partial charge in [0.25, 0.3) is 0 Å². The molecule has 0 saturated heterocycles. The SMILES string of the molecule is Cc1cc(C(C)(C)C)ccc1-c1nc(CN)nn1C. The van der Waals surface area contributed by atoms with Crippen LogP contribution in [-0.2, 0) is 19.0 Å². The van der Waals surface area contributed by atoms with E-state index in [1.165, 1.54) is 11.1 Å². The maximum atomic E-state index is 5.59. The Morgan fingerprint density at radius 2 is 1.95 bits per heavy atom. The monoisotopic (exact) mass is 258 g/mol. The zero-order valence-electron chi connectivity index (χ0n) is 12.4. The van der Waals surface area contributed by atoms with Crippen LogP contribution in [0.2, 0.25) is 0 Å². The van der Waals surface area contributed by atoms with Crippen molar-refractivity contribution in [3.63, 3.8) is 0 Å². The van der Waals surface area contributed by atoms with Crippen LogP contribution < -0.4 is 5.73 Å². The first-order valence-corrected chi connectivity index (χ1v) is 6.54. The summed E-state index contributed by atoms with van der Waals surface area (Å²) >= 11 is 0. The van der Waals surface area contributed by atoms with Crippen LogP contribution >= 0.6 is 0 Å². The summed E-state index contributed by atoms with van der Waals surface area (Å²) in [5, 5.41) is 4.30. The molecular weight excluding hydrogens is 236 g/mol. The highest BCUT2D eigenvalue weighted by Gasteiger charge is 2.16. The third-order valence-electron chi connectivity index (χ3n) is 3.32. The molecule has 19 heavy (non-hydrogen) atoms. The highest BCUT2D eigenvalue weighted by molar-refractivity contribution is 5.61. The second-order valence-corrected chi connectivity index (χ2v) is 5.96. The summed E-state index contributed by atoms with van der Waals surface area (Å²) < 4.78 is 1.79. The van der Waals surface area contributed by atoms with Crippen molar-refractivity contribution >= 4 is 0 Å². The van der Waals surface area contributed by atoms with Gasteiger partial charge >= 0.3 is 0 Å². The maximum absolute atomic E-state index is 5.59. The highest BCUT2D eigenvalue weighted by atomic mass is 15.3. The van der Waals surface area contributed by atoms with Crippen molar-refractivity contribution in [1.29, 1.82) is 0 Å². The third kappa shape index (κ3) is 2.68. The number of nitrogens with zero attached hydrogens (tertiary/aromatic N) is 3. The van der Waals surface area contributed by atoms with Crippen LogP contribution in [0.1, 0.15) is 37.7 Å². The number of hydrogen-bond donors (Lipinski definition) is 1. The Hall–Kier alpha value is -1.68. The summed E-state index contributed by atoms with van der Waals surface area (Å²) in [5.74, 6) is 1.55. The van der Waals surface area contributed by atoms with Crippen molar-refractivity contribution < 1.29 is 0 Å². The van der Waals surface area contributed by atoms with Crippen molar-refractivity contribution in [2.45, 2.75) is 39.7 Å². The minimum absolute atomic E-state index is 0.158. The zero-order chi connectivity index (χ0) is 14.2. The normalized spacial score (nSPS) is 11.9. The molecular formula is C15H22N4. The molecule has 0 atom stereocenters. The number of aromatic nitrogens is 3. The van der Waals surface area contributed by atoms with E-state index >= 15 is 0 Å². The van der Waals surface area contributed by atoms with E-state index in [-0.39, 0.29) is 5.41 Å². The van der Waals surface area contributed by atoms with E-state index in [0.717, 1.165) is 11.4 Å². The van der Waals surface area contributed by atoms with E-state index in [0.29, 0.717) is 12.4 Å². The average molecular weight is 258 g/mol. The molecule has 0 spiro atoms. The Bertz CT molecular complexity index is 591. The smallest absolute Gasteiger partial charge is 0.164 e. The van der Waals surface area contributed by atoms with Crippen LogP contribution in [0.4, 0.5) is 0 Å². The van der Waals surface area contributed by atoms with Gasteiger partial charge in [-0.3, -0.25) is 0 Å². The molecule has 1 heterocycles. The topological polar surface area (TPSA) is 56.7 Å². The van der Waals surface area contributed by atoms with E-state index in [2.05, 4.69) is 56.0 Å². The average Bonchev–Trinajstić information content (AvgIpc) is 2.69. The van der Waals surface area contributed by atoms with E-state index in [1.807, 2.05) is 7.05 Å². The number of hydrogen-bond acceptors (Lipinski definition) is 3. The molecule has 0 aliphatic heterocycles. The van der Waals surface area contributed by atoms with E-state index in [1.54, 1.807) is 4.68 Å². The molecule has 0 fully saturated rings. The fraction of sp³-hybridized carbons (Fsp3) is 0.467. The van der Waals surface area contributed by atoms with Gasteiger partial charge in [0.2, 0.25) is 0 Å². The lowest BCUT2D eigenvalue weighted by Gasteiger charge is -2.20. The lowest BCUT2D eigenvalue weighted by Crippen LogP contribution is -2.11. The molecule has 1 aromatic heterocycles. The van der Waals surface area contributed by atoms with Crippen LogP contribution in [0.5, 0.6) is 0 Å². The lowest BCUT2D eigenvalue weighted by atomic mass is 9.85. The minimum Gasteiger partial charge on any atom is -0.324 e. The minimum atomic E-state index is 0.158. The molecule has 2 aromatic rings. The Balaban J connectivity index is 2.49. The fourth-order valence-corrected chi connectivity index (χ4v) is 2.14. The van der Waals surface area contributed by atoms with Gasteiger partial charge in [-0.25, -0.2) is 9.67 Å². The van der Waals surface area contributed by atoms with Gasteiger partial charge in [-0.05, 0) is 23.5 Å². The fourth-order valence-electron chi connectivity index (χ4n) is 2.14. The molecule has 2 rings (SSSR count). The number of nitrogens with two attached hydrogens (primary N) is 1. The van der Waals surface area contributed by atoms with E-state index in [4.69, 9.17) is 5.73 Å². The quantitative estimate of drug-likeness (QED) is 0.900. The summed E-state index contributed by atoms with van der Waals surface area (Å²) in [6.45, 7) is 9.14. The Morgan fingerprint density at radius 3 is 2.42 bits per heavy atom. The molecule has 0 unspecified atom stereocenters. The number of benzene rings is 1. The third-order valence-corrected chi connectivity index (χ3v) is 3.32. The lowest BCUT2D eigenvalue weighted by molar-refractivity contribution is 0.590. The number of aryl methyl sites for hydroxylation is 2. The Morgan fingerprint density at radius 1 is 1.26 bits per heavy atom. The van der Waals surface area contributed by atoms with Gasteiger partial charge in [0.05, 0.1) is 6.54 Å². The standard InChI is InChI=1S/C15H22N4/c1-10-8-11(15(2,3)4)6-7-12(10)14-17-13(9-16)18-19(14)5/h6-8H,9,16H2,1-5H3. The van der Waals surface area contributed by atoms with Crippen LogP contribution in [0, 0.1) is 6.92 Å². The predicted octanol–water partition coefficient (Wildman–Crippen LogP) is 2.55. The van der Waals surface area contributed by atoms with Crippen molar-refractivity contribution in [2.75, 3.05) is 0 Å². The van der Waals surface area contributed by atoms with Gasteiger partial charge in [-0.15, -0.1) is 0 Å². The van der Waals surface area contributed by atoms with E-state index in [9.17, 15) is 0 Å². The molecule has 2 N–H and O–H groups in total. The van der Waals surface area contributed by atoms with Crippen LogP contribution in [0.25, 0.3) is 11.4 Å². The molecule has 4 nitrogen and oxygen atoms in total. The van der Waals surface area contributed by atoms with Gasteiger partial charge in [0, 0.05) is 12.6 Å². The summed E-state index contributed by atoms with van der Waals surface area (Å²) in [6.07, 6.45) is 0. The van der Waals surface area contributed by atoms with Gasteiger partial charge < -0.3 is 5.73 Å². The molecule has 0 aliphatic carbocycles. The second-order valence-electron chi connectivity index (χ2n) is 5.96. The molecule has 4 heteroatoms. The largest absolute Gasteiger partial charge is 0.324 e. The molecule has 0 radical (unpaired) electrons. The zero-order valence-corrected chi connectivity index (χ0v) is 12.4. The Kier molecular flexibility index (Phi) is 3.45. The first kappa shape index (κ1) is 13.7. The molecule has 102 valence electrons. The highest BCUT2D eigenvalue weighted by Crippen LogP contribution is 2.28. The molecule has 0 aliphatic rings. The maximum Gasteiger partial charge on any atom is 0.164 e. The van der Waals surface area contributed by atoms with Crippen LogP contribution in [0.15, 0.2) is 18.2 Å². The van der Waals surface area contributed by atoms with E-state index < -0.39 is 0 Å². The molecule has 1 aromatic carbocycles. The summed E-state index contributed by atoms with van der Waals surface area (Å²) in [7, 11) is 1.90. The summed E-state index contributed by atoms with van der Waals surface area (Å²) in [4.78, 5) is 4.48. The predicted molar refractivity (Wildman–Crippen MR) is 77.8 cm³/mol. The van der Waals surface area contributed by atoms with Crippen molar-refractivity contribution in [3.8, 4) is 11.4 Å². The number of rotatable bonds is 2. The van der Waals surface area contributed by atoms with Crippen molar-refractivity contribution in [1.82, 2.24) is 14.8 Å². The van der Waals surface area contributed by atoms with Crippen LogP contribution in [-0.4, -0.2) is 14.8 Å². The second kappa shape index (κ2) is 4.78. The van der Waals surface area contributed by atoms with Crippen molar-refractivity contribution in [3.05, 3.63) is 35.2 Å². The molecule has 0 saturated carbocycles. The molecule has 0 amide bonds. The van der Waals surface area contributed by atoms with Crippen molar-refractivity contribution in [2.24, 2.45) is 12.8 Å². The van der Waals surface area contributed by atoms with Gasteiger partial charge in [-0.2, -0.15) is 5.10 Å². The first-order chi connectivity index (χ1) is 8.82. The molecule has 0 bridgehead atoms. The van der Waals surface area contributed by atoms with Gasteiger partial charge in [-0.1, -0.05) is 39.0 Å².